The lowest BCUT2D eigenvalue weighted by Crippen LogP contribution is -2.12. The molecular formula is C16H34P2. The Hall–Kier alpha value is 0.860. The van der Waals surface area contributed by atoms with Crippen molar-refractivity contribution in [3.8, 4) is 0 Å². The molecule has 1 aliphatic carbocycles. The monoisotopic (exact) mass is 288 g/mol. The summed E-state index contributed by atoms with van der Waals surface area (Å²) < 4.78 is 0. The summed E-state index contributed by atoms with van der Waals surface area (Å²) in [6.45, 7) is 7.12. The van der Waals surface area contributed by atoms with Crippen molar-refractivity contribution in [2.75, 3.05) is 24.6 Å². The SMILES string of the molecule is CCCCPCC1C[C@H](C)C[C@@H]1CPCCCC. The maximum Gasteiger partial charge on any atom is -0.0322 e. The van der Waals surface area contributed by atoms with Gasteiger partial charge in [0, 0.05) is 0 Å². The summed E-state index contributed by atoms with van der Waals surface area (Å²) in [4.78, 5) is 0. The minimum Gasteiger partial charge on any atom is -0.122 e. The van der Waals surface area contributed by atoms with Gasteiger partial charge in [-0.15, -0.1) is 17.2 Å². The van der Waals surface area contributed by atoms with Crippen LogP contribution in [0.4, 0.5) is 0 Å². The van der Waals surface area contributed by atoms with Crippen LogP contribution in [0, 0.1) is 17.8 Å². The van der Waals surface area contributed by atoms with Gasteiger partial charge < -0.3 is 0 Å². The van der Waals surface area contributed by atoms with Crippen molar-refractivity contribution in [3.05, 3.63) is 0 Å². The molecule has 3 unspecified atom stereocenters. The van der Waals surface area contributed by atoms with Gasteiger partial charge in [-0.1, -0.05) is 33.6 Å². The van der Waals surface area contributed by atoms with Crippen LogP contribution in [0.25, 0.3) is 0 Å². The predicted octanol–water partition coefficient (Wildman–Crippen LogP) is 5.61. The third-order valence-corrected chi connectivity index (χ3v) is 7.34. The summed E-state index contributed by atoms with van der Waals surface area (Å²) in [6.07, 6.45) is 14.9. The van der Waals surface area contributed by atoms with Gasteiger partial charge in [-0.2, -0.15) is 0 Å². The fraction of sp³-hybridized carbons (Fsp3) is 1.00. The molecule has 1 fully saturated rings. The van der Waals surface area contributed by atoms with Crippen molar-refractivity contribution in [3.63, 3.8) is 0 Å². The number of rotatable bonds is 10. The molecule has 0 nitrogen and oxygen atoms in total. The van der Waals surface area contributed by atoms with Crippen molar-refractivity contribution in [2.45, 2.75) is 59.3 Å². The molecule has 1 rings (SSSR count). The molecule has 0 N–H and O–H groups in total. The van der Waals surface area contributed by atoms with E-state index >= 15 is 0 Å². The zero-order chi connectivity index (χ0) is 13.2. The van der Waals surface area contributed by atoms with Crippen LogP contribution in [0.2, 0.25) is 0 Å². The third-order valence-electron chi connectivity index (χ3n) is 4.30. The Morgan fingerprint density at radius 3 is 1.67 bits per heavy atom. The van der Waals surface area contributed by atoms with Crippen LogP contribution in [0.1, 0.15) is 59.3 Å². The summed E-state index contributed by atoms with van der Waals surface area (Å²) in [7, 11) is 2.51. The van der Waals surface area contributed by atoms with E-state index in [-0.39, 0.29) is 0 Å². The molecule has 0 bridgehead atoms. The maximum atomic E-state index is 2.48. The molecule has 0 aromatic carbocycles. The molecule has 1 saturated carbocycles. The second-order valence-corrected chi connectivity index (χ2v) is 9.03. The van der Waals surface area contributed by atoms with Crippen molar-refractivity contribution < 1.29 is 0 Å². The summed E-state index contributed by atoms with van der Waals surface area (Å²) in [5, 5.41) is 0. The van der Waals surface area contributed by atoms with Gasteiger partial charge >= 0.3 is 0 Å². The van der Waals surface area contributed by atoms with Crippen LogP contribution in [-0.2, 0) is 0 Å². The van der Waals surface area contributed by atoms with Crippen molar-refractivity contribution in [2.24, 2.45) is 17.8 Å². The zero-order valence-electron chi connectivity index (χ0n) is 12.8. The molecule has 0 aliphatic heterocycles. The molecular weight excluding hydrogens is 254 g/mol. The Morgan fingerprint density at radius 1 is 0.833 bits per heavy atom. The second kappa shape index (κ2) is 10.6. The molecule has 0 aromatic rings. The van der Waals surface area contributed by atoms with Gasteiger partial charge in [0.1, 0.15) is 0 Å². The van der Waals surface area contributed by atoms with Crippen LogP contribution < -0.4 is 0 Å². The molecule has 2 heteroatoms. The predicted molar refractivity (Wildman–Crippen MR) is 91.3 cm³/mol. The van der Waals surface area contributed by atoms with Crippen molar-refractivity contribution in [1.82, 2.24) is 0 Å². The first kappa shape index (κ1) is 16.9. The fourth-order valence-corrected chi connectivity index (χ4v) is 6.55. The Morgan fingerprint density at radius 2 is 1.28 bits per heavy atom. The molecule has 0 radical (unpaired) electrons. The Kier molecular flexibility index (Phi) is 9.98. The van der Waals surface area contributed by atoms with E-state index in [0.29, 0.717) is 0 Å². The smallest absolute Gasteiger partial charge is 0.0322 e. The molecule has 0 aromatic heterocycles. The largest absolute Gasteiger partial charge is 0.122 e. The average molecular weight is 288 g/mol. The second-order valence-electron chi connectivity index (χ2n) is 6.21. The average Bonchev–Trinajstić information content (AvgIpc) is 2.71. The normalized spacial score (nSPS) is 29.2. The molecule has 0 saturated heterocycles. The molecule has 1 aliphatic rings. The van der Waals surface area contributed by atoms with Crippen LogP contribution in [0.15, 0.2) is 0 Å². The lowest BCUT2D eigenvalue weighted by Gasteiger charge is -2.19. The van der Waals surface area contributed by atoms with Gasteiger partial charge in [0.25, 0.3) is 0 Å². The van der Waals surface area contributed by atoms with Crippen molar-refractivity contribution >= 4 is 17.2 Å². The summed E-state index contributed by atoms with van der Waals surface area (Å²) >= 11 is 0. The van der Waals surface area contributed by atoms with E-state index in [1.807, 2.05) is 0 Å². The van der Waals surface area contributed by atoms with Gasteiger partial charge in [-0.25, -0.2) is 0 Å². The van der Waals surface area contributed by atoms with E-state index in [4.69, 9.17) is 0 Å². The molecule has 0 spiro atoms. The quantitative estimate of drug-likeness (QED) is 0.362. The number of hydrogen-bond donors (Lipinski definition) is 0. The van der Waals surface area contributed by atoms with Gasteiger partial charge in [0.05, 0.1) is 0 Å². The first-order valence-electron chi connectivity index (χ1n) is 8.19. The molecule has 0 heterocycles. The highest BCUT2D eigenvalue weighted by Crippen LogP contribution is 2.42. The van der Waals surface area contributed by atoms with Crippen LogP contribution >= 0.6 is 17.2 Å². The Bertz CT molecular complexity index is 174. The van der Waals surface area contributed by atoms with Crippen LogP contribution in [0.3, 0.4) is 0 Å². The third kappa shape index (κ3) is 6.86. The maximum absolute atomic E-state index is 2.48. The van der Waals surface area contributed by atoms with E-state index in [0.717, 1.165) is 17.8 Å². The van der Waals surface area contributed by atoms with E-state index in [9.17, 15) is 0 Å². The molecule has 108 valence electrons. The van der Waals surface area contributed by atoms with E-state index < -0.39 is 0 Å². The Balaban J connectivity index is 2.17. The minimum absolute atomic E-state index is 1.02. The van der Waals surface area contributed by atoms with Crippen LogP contribution in [-0.4, -0.2) is 24.6 Å². The van der Waals surface area contributed by atoms with Crippen LogP contribution in [0.5, 0.6) is 0 Å². The van der Waals surface area contributed by atoms with Gasteiger partial charge in [0.2, 0.25) is 0 Å². The molecule has 5 atom stereocenters. The standard InChI is InChI=1S/C16H34P2/c1-4-6-8-17-12-15-10-14(3)11-16(15)13-18-9-7-5-2/h14-18H,4-13H2,1-3H3/t14-,15-,16?/m1/s1. The summed E-state index contributed by atoms with van der Waals surface area (Å²) in [5.74, 6) is 3.22. The van der Waals surface area contributed by atoms with Gasteiger partial charge in [0.15, 0.2) is 0 Å². The summed E-state index contributed by atoms with van der Waals surface area (Å²) in [6, 6.07) is 0. The highest BCUT2D eigenvalue weighted by Gasteiger charge is 2.30. The molecule has 0 amide bonds. The fourth-order valence-electron chi connectivity index (χ4n) is 3.19. The lowest BCUT2D eigenvalue weighted by atomic mass is 10.0. The first-order valence-corrected chi connectivity index (χ1v) is 11.0. The van der Waals surface area contributed by atoms with E-state index in [1.165, 1.54) is 55.2 Å². The minimum atomic E-state index is 1.02. The number of hydrogen-bond acceptors (Lipinski definition) is 0. The van der Waals surface area contributed by atoms with Gasteiger partial charge in [-0.3, -0.25) is 0 Å². The van der Waals surface area contributed by atoms with Gasteiger partial charge in [-0.05, 0) is 68.1 Å². The van der Waals surface area contributed by atoms with E-state index in [1.54, 1.807) is 25.2 Å². The zero-order valence-corrected chi connectivity index (χ0v) is 14.8. The highest BCUT2D eigenvalue weighted by molar-refractivity contribution is 7.38. The number of unbranched alkanes of at least 4 members (excludes halogenated alkanes) is 2. The van der Waals surface area contributed by atoms with Crippen molar-refractivity contribution in [1.29, 1.82) is 0 Å². The molecule has 18 heavy (non-hydrogen) atoms. The topological polar surface area (TPSA) is 0 Å². The Labute approximate surface area is 119 Å². The summed E-state index contributed by atoms with van der Waals surface area (Å²) in [5.41, 5.74) is 0. The lowest BCUT2D eigenvalue weighted by molar-refractivity contribution is 0.469. The van der Waals surface area contributed by atoms with E-state index in [2.05, 4.69) is 20.8 Å². The highest BCUT2D eigenvalue weighted by atomic mass is 31.1. The first-order chi connectivity index (χ1) is 8.77.